The number of nitrogens with zero attached hydrogens (tertiary/aromatic N) is 2. The van der Waals surface area contributed by atoms with E-state index in [1.807, 2.05) is 35.0 Å². The molecule has 2 aromatic rings. The summed E-state index contributed by atoms with van der Waals surface area (Å²) in [6, 6.07) is 5.74. The second-order valence-electron chi connectivity index (χ2n) is 2.76. The lowest BCUT2D eigenvalue weighted by atomic mass is 10.4. The van der Waals surface area contributed by atoms with E-state index >= 15 is 0 Å². The fourth-order valence-electron chi connectivity index (χ4n) is 1.18. The van der Waals surface area contributed by atoms with Crippen molar-refractivity contribution in [2.45, 2.75) is 6.92 Å². The Labute approximate surface area is 86.0 Å². The monoisotopic (exact) mass is 240 g/mol. The molecule has 0 amide bonds. The van der Waals surface area contributed by atoms with Gasteiger partial charge < -0.3 is 21.4 Å². The molecule has 0 spiro atoms. The average molecular weight is 241 g/mol. The number of aromatic nitrogens is 2. The molecule has 0 aromatic carbocycles. The summed E-state index contributed by atoms with van der Waals surface area (Å²) in [6.07, 6.45) is 5.29. The van der Waals surface area contributed by atoms with Crippen molar-refractivity contribution in [2.24, 2.45) is 0 Å². The Morgan fingerprint density at radius 2 is 2.15 bits per heavy atom. The molecule has 0 saturated heterocycles. The first-order valence-corrected chi connectivity index (χ1v) is 3.77. The van der Waals surface area contributed by atoms with Gasteiger partial charge in [0.05, 0.1) is 10.6 Å². The smallest absolute Gasteiger partial charge is 0.253 e. The molecule has 0 aliphatic rings. The fraction of sp³-hybridized carbons (Fsp3) is 0.111. The molecule has 3 nitrogen and oxygen atoms in total. The fourth-order valence-corrected chi connectivity index (χ4v) is 1.18. The Morgan fingerprint density at radius 3 is 2.92 bits per heavy atom. The third-order valence-electron chi connectivity index (χ3n) is 1.85. The molecule has 68 valence electrons. The van der Waals surface area contributed by atoms with Crippen LogP contribution in [0.3, 0.4) is 0 Å². The molecule has 0 saturated carbocycles. The molecular formula is C9H9BrN2O. The normalized spacial score (nSPS) is 9.62. The van der Waals surface area contributed by atoms with Crippen LogP contribution >= 0.6 is 0 Å². The number of hydrogen-bond donors (Lipinski definition) is 0. The van der Waals surface area contributed by atoms with E-state index in [9.17, 15) is 4.91 Å². The first-order chi connectivity index (χ1) is 5.77. The number of halogens is 1. The predicted molar refractivity (Wildman–Crippen MR) is 45.5 cm³/mol. The molecule has 2 heterocycles. The maximum absolute atomic E-state index is 11.1. The summed E-state index contributed by atoms with van der Waals surface area (Å²) < 4.78 is 2.79. The molecule has 0 aliphatic carbocycles. The van der Waals surface area contributed by atoms with E-state index in [1.165, 1.54) is 0 Å². The Bertz CT molecular complexity index is 478. The molecule has 0 unspecified atom stereocenters. The van der Waals surface area contributed by atoms with Crippen molar-refractivity contribution in [1.29, 1.82) is 0 Å². The van der Waals surface area contributed by atoms with Crippen LogP contribution in [0.5, 0.6) is 0 Å². The first kappa shape index (κ1) is 9.92. The van der Waals surface area contributed by atoms with E-state index in [2.05, 4.69) is 0 Å². The molecule has 0 radical (unpaired) electrons. The zero-order valence-electron chi connectivity index (χ0n) is 7.14. The zero-order valence-corrected chi connectivity index (χ0v) is 8.73. The van der Waals surface area contributed by atoms with Gasteiger partial charge in [-0.15, -0.1) is 0 Å². The minimum atomic E-state index is 0. The molecule has 0 fully saturated rings. The highest BCUT2D eigenvalue weighted by Gasteiger charge is 2.02. The SMILES string of the molecule is Cc1cn2ccccc2c[n+]1=O.[Br-]. The van der Waals surface area contributed by atoms with Crippen LogP contribution in [0.2, 0.25) is 0 Å². The summed E-state index contributed by atoms with van der Waals surface area (Å²) in [5.74, 6) is 0. The Hall–Kier alpha value is -1.16. The number of rotatable bonds is 0. The minimum absolute atomic E-state index is 0. The van der Waals surface area contributed by atoms with E-state index < -0.39 is 0 Å². The molecule has 0 aliphatic heterocycles. The van der Waals surface area contributed by atoms with Crippen LogP contribution in [0, 0.1) is 11.8 Å². The van der Waals surface area contributed by atoms with Crippen molar-refractivity contribution in [2.75, 3.05) is 0 Å². The lowest BCUT2D eigenvalue weighted by Gasteiger charge is -1.94. The Morgan fingerprint density at radius 1 is 1.38 bits per heavy atom. The second-order valence-corrected chi connectivity index (χ2v) is 2.76. The third-order valence-corrected chi connectivity index (χ3v) is 1.85. The number of hydrogen-bond acceptors (Lipinski definition) is 1. The Kier molecular flexibility index (Phi) is 2.83. The minimum Gasteiger partial charge on any atom is -1.00 e. The van der Waals surface area contributed by atoms with Crippen LogP contribution in [0.15, 0.2) is 36.8 Å². The highest BCUT2D eigenvalue weighted by Crippen LogP contribution is 1.99. The van der Waals surface area contributed by atoms with Crippen LogP contribution < -0.4 is 21.4 Å². The highest BCUT2D eigenvalue weighted by molar-refractivity contribution is 5.41. The van der Waals surface area contributed by atoms with Gasteiger partial charge in [-0.1, -0.05) is 6.07 Å². The van der Waals surface area contributed by atoms with Gasteiger partial charge in [0.1, 0.15) is 5.52 Å². The van der Waals surface area contributed by atoms with Crippen molar-refractivity contribution in [3.63, 3.8) is 0 Å². The summed E-state index contributed by atoms with van der Waals surface area (Å²) >= 11 is 0. The van der Waals surface area contributed by atoms with Crippen LogP contribution in [0.25, 0.3) is 5.52 Å². The van der Waals surface area contributed by atoms with E-state index in [1.54, 1.807) is 13.1 Å². The van der Waals surface area contributed by atoms with Crippen molar-refractivity contribution in [3.8, 4) is 0 Å². The van der Waals surface area contributed by atoms with Crippen LogP contribution in [-0.2, 0) is 0 Å². The van der Waals surface area contributed by atoms with Crippen molar-refractivity contribution in [1.82, 2.24) is 4.40 Å². The number of pyridine rings is 1. The van der Waals surface area contributed by atoms with E-state index in [0.717, 1.165) is 9.94 Å². The summed E-state index contributed by atoms with van der Waals surface area (Å²) in [7, 11) is 0. The summed E-state index contributed by atoms with van der Waals surface area (Å²) in [4.78, 5) is 11.1. The van der Waals surface area contributed by atoms with Gasteiger partial charge in [0, 0.05) is 18.0 Å². The van der Waals surface area contributed by atoms with Gasteiger partial charge in [-0.2, -0.15) is 0 Å². The average Bonchev–Trinajstić information content (AvgIpc) is 2.07. The zero-order chi connectivity index (χ0) is 8.55. The van der Waals surface area contributed by atoms with Gasteiger partial charge >= 0.3 is 0 Å². The standard InChI is InChI=1S/C9H9N2O.BrH/c1-8-6-10-5-3-2-4-9(10)7-11(8)12;/h2-7H,1H3;1H/q+1;/p-1. The van der Waals surface area contributed by atoms with Gasteiger partial charge in [-0.3, -0.25) is 0 Å². The van der Waals surface area contributed by atoms with Gasteiger partial charge in [0.15, 0.2) is 0 Å². The Balaban J connectivity index is 0.000000845. The lowest BCUT2D eigenvalue weighted by Crippen LogP contribution is -3.00. The molecule has 0 N–H and O–H groups in total. The topological polar surface area (TPSA) is 27.4 Å². The van der Waals surface area contributed by atoms with Crippen molar-refractivity contribution >= 4 is 5.52 Å². The quantitative estimate of drug-likeness (QED) is 0.498. The van der Waals surface area contributed by atoms with Crippen LogP contribution in [0.4, 0.5) is 0 Å². The van der Waals surface area contributed by atoms with Gasteiger partial charge in [-0.25, -0.2) is 0 Å². The second kappa shape index (κ2) is 3.70. The van der Waals surface area contributed by atoms with E-state index in [-0.39, 0.29) is 17.0 Å². The van der Waals surface area contributed by atoms with E-state index in [4.69, 9.17) is 0 Å². The molecule has 4 heteroatoms. The number of aryl methyl sites for hydroxylation is 1. The summed E-state index contributed by atoms with van der Waals surface area (Å²) in [5, 5.41) is 0. The van der Waals surface area contributed by atoms with Crippen LogP contribution in [-0.4, -0.2) is 4.40 Å². The largest absolute Gasteiger partial charge is 1.00 e. The van der Waals surface area contributed by atoms with Gasteiger partial charge in [-0.05, 0) is 12.1 Å². The molecule has 13 heavy (non-hydrogen) atoms. The van der Waals surface area contributed by atoms with Crippen molar-refractivity contribution < 1.29 is 21.4 Å². The van der Waals surface area contributed by atoms with Crippen molar-refractivity contribution in [3.05, 3.63) is 47.4 Å². The summed E-state index contributed by atoms with van der Waals surface area (Å²) in [6.45, 7) is 1.78. The molecule has 2 rings (SSSR count). The molecular weight excluding hydrogens is 232 g/mol. The summed E-state index contributed by atoms with van der Waals surface area (Å²) in [5.41, 5.74) is 1.59. The molecule has 0 atom stereocenters. The molecule has 2 aromatic heterocycles. The highest BCUT2D eigenvalue weighted by atomic mass is 79.9. The first-order valence-electron chi connectivity index (χ1n) is 3.77. The maximum atomic E-state index is 11.1. The lowest BCUT2D eigenvalue weighted by molar-refractivity contribution is -0.501. The van der Waals surface area contributed by atoms with Gasteiger partial charge in [0.2, 0.25) is 0 Å². The third kappa shape index (κ3) is 1.78. The maximum Gasteiger partial charge on any atom is 0.253 e. The predicted octanol–water partition coefficient (Wildman–Crippen LogP) is -1.83. The van der Waals surface area contributed by atoms with E-state index in [0.29, 0.717) is 5.69 Å². The molecule has 0 bridgehead atoms. The van der Waals surface area contributed by atoms with Gasteiger partial charge in [0.25, 0.3) is 11.9 Å². The van der Waals surface area contributed by atoms with Crippen LogP contribution in [0.1, 0.15) is 5.69 Å². The number of fused-ring (bicyclic) bond motifs is 1.